The number of ketones is 1. The lowest BCUT2D eigenvalue weighted by Crippen LogP contribution is -2.53. The molecule has 0 radical (unpaired) electrons. The summed E-state index contributed by atoms with van der Waals surface area (Å²) in [4.78, 5) is 39.0. The fourth-order valence-electron chi connectivity index (χ4n) is 7.12. The van der Waals surface area contributed by atoms with Gasteiger partial charge in [0.1, 0.15) is 5.78 Å². The van der Waals surface area contributed by atoms with E-state index in [1.807, 2.05) is 25.7 Å². The first kappa shape index (κ1) is 21.3. The number of carboxylic acids is 1. The van der Waals surface area contributed by atoms with Crippen LogP contribution in [-0.2, 0) is 14.4 Å². The first-order chi connectivity index (χ1) is 13.2. The second-order valence-corrected chi connectivity index (χ2v) is 9.81. The second kappa shape index (κ2) is 7.79. The molecule has 0 aromatic carbocycles. The van der Waals surface area contributed by atoms with Crippen molar-refractivity contribution in [3.63, 3.8) is 0 Å². The monoisotopic (exact) mass is 390 g/mol. The Kier molecular flexibility index (Phi) is 5.94. The zero-order valence-corrected chi connectivity index (χ0v) is 18.0. The number of rotatable bonds is 6. The average molecular weight is 391 g/mol. The third kappa shape index (κ3) is 3.29. The van der Waals surface area contributed by atoms with Crippen molar-refractivity contribution in [3.05, 3.63) is 0 Å². The maximum absolute atomic E-state index is 13.2. The van der Waals surface area contributed by atoms with Crippen molar-refractivity contribution in [2.45, 2.75) is 79.1 Å². The molecular weight excluding hydrogens is 354 g/mol. The summed E-state index contributed by atoms with van der Waals surface area (Å²) >= 11 is 0. The first-order valence-electron chi connectivity index (χ1n) is 11.2. The van der Waals surface area contributed by atoms with E-state index >= 15 is 0 Å². The molecule has 0 unspecified atom stereocenters. The summed E-state index contributed by atoms with van der Waals surface area (Å²) < 4.78 is 0. The average Bonchev–Trinajstić information content (AvgIpc) is 3.01. The van der Waals surface area contributed by atoms with Gasteiger partial charge in [-0.2, -0.15) is 0 Å². The summed E-state index contributed by atoms with van der Waals surface area (Å²) in [6.45, 7) is 9.90. The minimum absolute atomic E-state index is 0.0104. The number of amides is 1. The number of Topliss-reactive ketones (excluding diaryl/α,β-unsaturated/α-hetero) is 1. The van der Waals surface area contributed by atoms with Crippen LogP contribution in [0.15, 0.2) is 0 Å². The van der Waals surface area contributed by atoms with Crippen molar-refractivity contribution in [2.24, 2.45) is 34.5 Å². The number of carbonyl (C=O) groups is 3. The SMILES string of the molecule is CCN(CC)C(=O)[C@@H]1CC[C@@H]2[C@H]3CCC(=O)[C@@](C)(CCC(=O)[O-])[C@@H]3CC[C@@]21C. The van der Waals surface area contributed by atoms with Gasteiger partial charge in [0.15, 0.2) is 0 Å². The summed E-state index contributed by atoms with van der Waals surface area (Å²) in [5, 5.41) is 11.1. The highest BCUT2D eigenvalue weighted by molar-refractivity contribution is 5.86. The third-order valence-corrected chi connectivity index (χ3v) is 8.82. The molecule has 0 N–H and O–H groups in total. The van der Waals surface area contributed by atoms with Gasteiger partial charge < -0.3 is 14.8 Å². The molecule has 5 heteroatoms. The highest BCUT2D eigenvalue weighted by Crippen LogP contribution is 2.64. The molecule has 3 fully saturated rings. The molecule has 28 heavy (non-hydrogen) atoms. The summed E-state index contributed by atoms with van der Waals surface area (Å²) in [6.07, 6.45) is 5.68. The number of hydrogen-bond acceptors (Lipinski definition) is 4. The summed E-state index contributed by atoms with van der Waals surface area (Å²) in [5.41, 5.74) is -0.540. The van der Waals surface area contributed by atoms with Crippen molar-refractivity contribution < 1.29 is 19.5 Å². The number of aliphatic carboxylic acids is 1. The standard InChI is InChI=1S/C23H37NO4/c1-5-24(6-2)21(28)18-9-8-16-15-7-10-19(25)23(4,14-12-20(26)27)17(15)11-13-22(16,18)3/h15-18H,5-14H2,1-4H3,(H,26,27)/p-1/t15-,16-,17-,18+,22+,23+/m1/s1. The number of carbonyl (C=O) groups excluding carboxylic acids is 3. The van der Waals surface area contributed by atoms with Gasteiger partial charge in [-0.25, -0.2) is 0 Å². The Balaban J connectivity index is 1.84. The minimum Gasteiger partial charge on any atom is -0.550 e. The molecule has 0 bridgehead atoms. The molecule has 158 valence electrons. The van der Waals surface area contributed by atoms with Crippen LogP contribution in [0.1, 0.15) is 79.1 Å². The molecule has 3 aliphatic rings. The van der Waals surface area contributed by atoms with E-state index in [0.717, 1.165) is 45.2 Å². The normalized spacial score (nSPS) is 39.9. The summed E-state index contributed by atoms with van der Waals surface area (Å²) in [6, 6.07) is 0. The maximum Gasteiger partial charge on any atom is 0.226 e. The van der Waals surface area contributed by atoms with Crippen LogP contribution in [-0.4, -0.2) is 35.6 Å². The van der Waals surface area contributed by atoms with Crippen LogP contribution in [0.25, 0.3) is 0 Å². The molecule has 0 spiro atoms. The first-order valence-corrected chi connectivity index (χ1v) is 11.2. The fourth-order valence-corrected chi connectivity index (χ4v) is 7.12. The Morgan fingerprint density at radius 2 is 1.75 bits per heavy atom. The number of carboxylic acid groups (broad SMARTS) is 1. The van der Waals surface area contributed by atoms with Crippen LogP contribution in [0.4, 0.5) is 0 Å². The van der Waals surface area contributed by atoms with Crippen molar-refractivity contribution >= 4 is 17.7 Å². The molecule has 3 rings (SSSR count). The van der Waals surface area contributed by atoms with Gasteiger partial charge in [-0.15, -0.1) is 0 Å². The zero-order valence-electron chi connectivity index (χ0n) is 18.0. The molecule has 1 amide bonds. The smallest absolute Gasteiger partial charge is 0.226 e. The molecule has 6 atom stereocenters. The summed E-state index contributed by atoms with van der Waals surface area (Å²) in [5.74, 6) is 0.692. The molecular formula is C23H36NO4-. The van der Waals surface area contributed by atoms with Gasteiger partial charge in [-0.05, 0) is 82.0 Å². The van der Waals surface area contributed by atoms with Crippen molar-refractivity contribution in [2.75, 3.05) is 13.1 Å². The van der Waals surface area contributed by atoms with Gasteiger partial charge in [-0.3, -0.25) is 9.59 Å². The van der Waals surface area contributed by atoms with E-state index in [-0.39, 0.29) is 29.5 Å². The van der Waals surface area contributed by atoms with Gasteiger partial charge in [-0.1, -0.05) is 13.8 Å². The van der Waals surface area contributed by atoms with E-state index in [9.17, 15) is 19.5 Å². The van der Waals surface area contributed by atoms with Crippen LogP contribution in [0, 0.1) is 34.5 Å². The molecule has 3 saturated carbocycles. The topological polar surface area (TPSA) is 77.5 Å². The van der Waals surface area contributed by atoms with Crippen LogP contribution < -0.4 is 5.11 Å². The van der Waals surface area contributed by atoms with E-state index in [2.05, 4.69) is 6.92 Å². The fraction of sp³-hybridized carbons (Fsp3) is 0.870. The quantitative estimate of drug-likeness (QED) is 0.699. The summed E-state index contributed by atoms with van der Waals surface area (Å²) in [7, 11) is 0. The number of nitrogens with zero attached hydrogens (tertiary/aromatic N) is 1. The van der Waals surface area contributed by atoms with Crippen molar-refractivity contribution in [3.8, 4) is 0 Å². The largest absolute Gasteiger partial charge is 0.550 e. The Morgan fingerprint density at radius 3 is 2.36 bits per heavy atom. The van der Waals surface area contributed by atoms with E-state index in [1.54, 1.807) is 0 Å². The van der Waals surface area contributed by atoms with Crippen LogP contribution in [0.5, 0.6) is 0 Å². The van der Waals surface area contributed by atoms with Crippen LogP contribution in [0.2, 0.25) is 0 Å². The second-order valence-electron chi connectivity index (χ2n) is 9.81. The predicted octanol–water partition coefficient (Wildman–Crippen LogP) is 2.81. The highest BCUT2D eigenvalue weighted by Gasteiger charge is 2.60. The molecule has 0 aromatic heterocycles. The third-order valence-electron chi connectivity index (χ3n) is 8.82. The molecule has 0 aliphatic heterocycles. The molecule has 0 saturated heterocycles. The van der Waals surface area contributed by atoms with Gasteiger partial charge >= 0.3 is 0 Å². The molecule has 0 aromatic rings. The van der Waals surface area contributed by atoms with Crippen molar-refractivity contribution in [1.82, 2.24) is 4.90 Å². The molecule has 3 aliphatic carbocycles. The van der Waals surface area contributed by atoms with E-state index < -0.39 is 11.4 Å². The lowest BCUT2D eigenvalue weighted by atomic mass is 9.48. The Labute approximate surface area is 169 Å². The van der Waals surface area contributed by atoms with Gasteiger partial charge in [0.25, 0.3) is 0 Å². The van der Waals surface area contributed by atoms with Gasteiger partial charge in [0.2, 0.25) is 5.91 Å². The highest BCUT2D eigenvalue weighted by atomic mass is 16.4. The van der Waals surface area contributed by atoms with Gasteiger partial charge in [0, 0.05) is 36.8 Å². The minimum atomic E-state index is -1.07. The van der Waals surface area contributed by atoms with Gasteiger partial charge in [0.05, 0.1) is 0 Å². The van der Waals surface area contributed by atoms with E-state index in [4.69, 9.17) is 0 Å². The Bertz CT molecular complexity index is 643. The lowest BCUT2D eigenvalue weighted by molar-refractivity contribution is -0.306. The lowest BCUT2D eigenvalue weighted by Gasteiger charge is -2.55. The van der Waals surface area contributed by atoms with Crippen LogP contribution >= 0.6 is 0 Å². The van der Waals surface area contributed by atoms with E-state index in [0.29, 0.717) is 30.6 Å². The zero-order chi connectivity index (χ0) is 20.7. The Morgan fingerprint density at radius 1 is 1.07 bits per heavy atom. The maximum atomic E-state index is 13.2. The number of hydrogen-bond donors (Lipinski definition) is 0. The predicted molar refractivity (Wildman–Crippen MR) is 105 cm³/mol. The Hall–Kier alpha value is -1.39. The van der Waals surface area contributed by atoms with Crippen LogP contribution in [0.3, 0.4) is 0 Å². The van der Waals surface area contributed by atoms with Crippen molar-refractivity contribution in [1.29, 1.82) is 0 Å². The molecule has 5 nitrogen and oxygen atoms in total. The van der Waals surface area contributed by atoms with E-state index in [1.165, 1.54) is 0 Å². The number of fused-ring (bicyclic) bond motifs is 3. The molecule has 0 heterocycles.